The summed E-state index contributed by atoms with van der Waals surface area (Å²) in [5.74, 6) is 1.59. The highest BCUT2D eigenvalue weighted by Gasteiger charge is 2.20. The van der Waals surface area contributed by atoms with Gasteiger partial charge in [0.1, 0.15) is 18.1 Å². The highest BCUT2D eigenvalue weighted by molar-refractivity contribution is 5.77. The lowest BCUT2D eigenvalue weighted by molar-refractivity contribution is -0.134. The van der Waals surface area contributed by atoms with Crippen molar-refractivity contribution in [3.8, 4) is 11.5 Å². The average molecular weight is 542 g/mol. The van der Waals surface area contributed by atoms with Crippen LogP contribution in [-0.2, 0) is 17.9 Å². The lowest BCUT2D eigenvalue weighted by Crippen LogP contribution is -2.36. The molecule has 0 aromatic heterocycles. The third-order valence-corrected chi connectivity index (χ3v) is 7.07. The highest BCUT2D eigenvalue weighted by atomic mass is 16.5. The van der Waals surface area contributed by atoms with Crippen LogP contribution in [0.25, 0.3) is 0 Å². The van der Waals surface area contributed by atoms with Gasteiger partial charge in [-0.25, -0.2) is 0 Å². The van der Waals surface area contributed by atoms with E-state index in [1.54, 1.807) is 0 Å². The highest BCUT2D eigenvalue weighted by Crippen LogP contribution is 2.28. The fraction of sp³-hybridized carbons (Fsp3) is 0.162. The molecule has 0 saturated heterocycles. The Bertz CT molecular complexity index is 1430. The van der Waals surface area contributed by atoms with Crippen LogP contribution in [-0.4, -0.2) is 24.0 Å². The summed E-state index contributed by atoms with van der Waals surface area (Å²) in [6.45, 7) is 1.53. The molecule has 0 spiro atoms. The van der Waals surface area contributed by atoms with Gasteiger partial charge in [0.25, 0.3) is 5.91 Å². The van der Waals surface area contributed by atoms with Gasteiger partial charge in [-0.05, 0) is 52.9 Å². The number of carbonyl (C=O) groups is 1. The van der Waals surface area contributed by atoms with Crippen molar-refractivity contribution in [1.29, 1.82) is 0 Å². The van der Waals surface area contributed by atoms with E-state index in [-0.39, 0.29) is 18.4 Å². The number of amides is 1. The standard InChI is InChI=1S/C37H35NO3/c39-37(29-41-34-21-11-4-12-22-34)38(25-24-36(32-17-7-2-8-18-32)33-19-9-3-10-20-33)27-31-16-13-23-35(26-31)40-28-30-14-5-1-6-15-30/h1-23,26,36H,24-25,27-29H2. The van der Waals surface area contributed by atoms with Gasteiger partial charge >= 0.3 is 0 Å². The van der Waals surface area contributed by atoms with Crippen LogP contribution in [0.5, 0.6) is 11.5 Å². The molecule has 5 aromatic rings. The SMILES string of the molecule is O=C(COc1ccccc1)N(CCC(c1ccccc1)c1ccccc1)Cc1cccc(OCc2ccccc2)c1. The molecule has 0 unspecified atom stereocenters. The van der Waals surface area contributed by atoms with Gasteiger partial charge in [0.05, 0.1) is 0 Å². The predicted octanol–water partition coefficient (Wildman–Crippen LogP) is 7.90. The van der Waals surface area contributed by atoms with Crippen LogP contribution in [0.4, 0.5) is 0 Å². The zero-order chi connectivity index (χ0) is 28.1. The molecule has 0 radical (unpaired) electrons. The molecule has 5 aromatic carbocycles. The molecule has 0 fully saturated rings. The maximum absolute atomic E-state index is 13.6. The molecule has 0 saturated carbocycles. The Morgan fingerprint density at radius 1 is 0.585 bits per heavy atom. The lowest BCUT2D eigenvalue weighted by atomic mass is 9.88. The average Bonchev–Trinajstić information content (AvgIpc) is 3.04. The Hall–Kier alpha value is -4.83. The van der Waals surface area contributed by atoms with Gasteiger partial charge in [-0.1, -0.05) is 121 Å². The van der Waals surface area contributed by atoms with Crippen molar-refractivity contribution in [2.45, 2.75) is 25.5 Å². The molecule has 0 aliphatic rings. The van der Waals surface area contributed by atoms with E-state index in [4.69, 9.17) is 9.47 Å². The summed E-state index contributed by atoms with van der Waals surface area (Å²) in [7, 11) is 0. The molecule has 1 amide bonds. The van der Waals surface area contributed by atoms with Crippen molar-refractivity contribution < 1.29 is 14.3 Å². The molecule has 0 bridgehead atoms. The largest absolute Gasteiger partial charge is 0.489 e. The van der Waals surface area contributed by atoms with Crippen molar-refractivity contribution in [2.75, 3.05) is 13.2 Å². The van der Waals surface area contributed by atoms with Crippen molar-refractivity contribution in [3.05, 3.63) is 168 Å². The maximum atomic E-state index is 13.6. The molecule has 4 heteroatoms. The summed E-state index contributed by atoms with van der Waals surface area (Å²) in [6, 6.07) is 48.6. The van der Waals surface area contributed by atoms with E-state index in [2.05, 4.69) is 48.5 Å². The summed E-state index contributed by atoms with van der Waals surface area (Å²) in [5.41, 5.74) is 4.60. The molecule has 206 valence electrons. The molecule has 5 rings (SSSR count). The minimum Gasteiger partial charge on any atom is -0.489 e. The minimum atomic E-state index is -0.0515. The molecule has 4 nitrogen and oxygen atoms in total. The third kappa shape index (κ3) is 8.33. The van der Waals surface area contributed by atoms with Gasteiger partial charge in [0.15, 0.2) is 6.61 Å². The Labute approximate surface area is 242 Å². The smallest absolute Gasteiger partial charge is 0.260 e. The molecule has 0 aliphatic carbocycles. The van der Waals surface area contributed by atoms with Crippen LogP contribution >= 0.6 is 0 Å². The number of carbonyl (C=O) groups excluding carboxylic acids is 1. The topological polar surface area (TPSA) is 38.8 Å². The number of rotatable bonds is 13. The number of ether oxygens (including phenoxy) is 2. The minimum absolute atomic E-state index is 0.0183. The molecule has 0 heterocycles. The summed E-state index contributed by atoms with van der Waals surface area (Å²) in [5, 5.41) is 0. The van der Waals surface area contributed by atoms with E-state index in [1.165, 1.54) is 11.1 Å². The monoisotopic (exact) mass is 541 g/mol. The zero-order valence-electron chi connectivity index (χ0n) is 23.1. The van der Waals surface area contributed by atoms with Crippen LogP contribution in [0.2, 0.25) is 0 Å². The first-order valence-electron chi connectivity index (χ1n) is 14.1. The van der Waals surface area contributed by atoms with Crippen molar-refractivity contribution in [3.63, 3.8) is 0 Å². The van der Waals surface area contributed by atoms with Gasteiger partial charge < -0.3 is 14.4 Å². The second kappa shape index (κ2) is 14.5. The fourth-order valence-electron chi connectivity index (χ4n) is 4.92. The van der Waals surface area contributed by atoms with Crippen LogP contribution in [0.3, 0.4) is 0 Å². The molecular formula is C37H35NO3. The van der Waals surface area contributed by atoms with Gasteiger partial charge in [-0.3, -0.25) is 4.79 Å². The second-order valence-corrected chi connectivity index (χ2v) is 10.0. The first-order chi connectivity index (χ1) is 20.2. The number of benzene rings is 5. The van der Waals surface area contributed by atoms with E-state index in [0.29, 0.717) is 25.4 Å². The van der Waals surface area contributed by atoms with Crippen LogP contribution in [0.1, 0.15) is 34.6 Å². The zero-order valence-corrected chi connectivity index (χ0v) is 23.1. The number of hydrogen-bond donors (Lipinski definition) is 0. The fourth-order valence-corrected chi connectivity index (χ4v) is 4.92. The predicted molar refractivity (Wildman–Crippen MR) is 164 cm³/mol. The van der Waals surface area contributed by atoms with Crippen molar-refractivity contribution in [1.82, 2.24) is 4.90 Å². The van der Waals surface area contributed by atoms with E-state index in [0.717, 1.165) is 23.3 Å². The van der Waals surface area contributed by atoms with Gasteiger partial charge in [0, 0.05) is 19.0 Å². The summed E-state index contributed by atoms with van der Waals surface area (Å²) < 4.78 is 11.9. The van der Waals surface area contributed by atoms with Gasteiger partial charge in [-0.15, -0.1) is 0 Å². The van der Waals surface area contributed by atoms with E-state index in [9.17, 15) is 4.79 Å². The first kappa shape index (κ1) is 27.7. The molecule has 0 aliphatic heterocycles. The van der Waals surface area contributed by atoms with Crippen LogP contribution in [0.15, 0.2) is 146 Å². The maximum Gasteiger partial charge on any atom is 0.260 e. The van der Waals surface area contributed by atoms with E-state index >= 15 is 0 Å². The van der Waals surface area contributed by atoms with Crippen LogP contribution < -0.4 is 9.47 Å². The Kier molecular flexibility index (Phi) is 9.82. The van der Waals surface area contributed by atoms with E-state index in [1.807, 2.05) is 102 Å². The number of para-hydroxylation sites is 1. The van der Waals surface area contributed by atoms with Crippen molar-refractivity contribution >= 4 is 5.91 Å². The quantitative estimate of drug-likeness (QED) is 0.152. The molecular weight excluding hydrogens is 506 g/mol. The molecule has 0 atom stereocenters. The normalized spacial score (nSPS) is 10.8. The Morgan fingerprint density at radius 2 is 1.12 bits per heavy atom. The number of hydrogen-bond acceptors (Lipinski definition) is 3. The molecule has 41 heavy (non-hydrogen) atoms. The lowest BCUT2D eigenvalue weighted by Gasteiger charge is -2.26. The van der Waals surface area contributed by atoms with Crippen LogP contribution in [0, 0.1) is 0 Å². The Morgan fingerprint density at radius 3 is 1.76 bits per heavy atom. The molecule has 0 N–H and O–H groups in total. The van der Waals surface area contributed by atoms with Gasteiger partial charge in [0.2, 0.25) is 0 Å². The third-order valence-electron chi connectivity index (χ3n) is 7.07. The number of nitrogens with zero attached hydrogens (tertiary/aromatic N) is 1. The summed E-state index contributed by atoms with van der Waals surface area (Å²) in [6.07, 6.45) is 0.787. The van der Waals surface area contributed by atoms with Crippen molar-refractivity contribution in [2.24, 2.45) is 0 Å². The van der Waals surface area contributed by atoms with E-state index < -0.39 is 0 Å². The first-order valence-corrected chi connectivity index (χ1v) is 14.1. The van der Waals surface area contributed by atoms with Gasteiger partial charge in [-0.2, -0.15) is 0 Å². The summed E-state index contributed by atoms with van der Waals surface area (Å²) in [4.78, 5) is 15.5. The summed E-state index contributed by atoms with van der Waals surface area (Å²) >= 11 is 0. The Balaban J connectivity index is 1.32. The second-order valence-electron chi connectivity index (χ2n) is 10.0.